The molecule has 0 spiro atoms. The summed E-state index contributed by atoms with van der Waals surface area (Å²) in [5.41, 5.74) is 0.284. The maximum atomic E-state index is 11.6. The smallest absolute Gasteiger partial charge is 0.314 e. The Bertz CT molecular complexity index is 969. The van der Waals surface area contributed by atoms with Crippen LogP contribution >= 0.6 is 0 Å². The number of nitrogens with zero attached hydrogens (tertiary/aromatic N) is 3. The highest BCUT2D eigenvalue weighted by atomic mass is 16.6. The molecule has 1 aromatic carbocycles. The van der Waals surface area contributed by atoms with Gasteiger partial charge in [-0.05, 0) is 19.4 Å². The molecule has 0 radical (unpaired) electrons. The monoisotopic (exact) mass is 329 g/mol. The van der Waals surface area contributed by atoms with Crippen LogP contribution in [0.5, 0.6) is 0 Å². The van der Waals surface area contributed by atoms with Crippen LogP contribution in [-0.4, -0.2) is 32.9 Å². The Morgan fingerprint density at radius 1 is 1.29 bits per heavy atom. The quantitative estimate of drug-likeness (QED) is 0.368. The number of fused-ring (bicyclic) bond motifs is 3. The van der Waals surface area contributed by atoms with Gasteiger partial charge in [-0.1, -0.05) is 0 Å². The maximum absolute atomic E-state index is 11.6. The van der Waals surface area contributed by atoms with Gasteiger partial charge in [0.1, 0.15) is 0 Å². The number of nitriles is 1. The van der Waals surface area contributed by atoms with E-state index in [4.69, 9.17) is 5.26 Å². The van der Waals surface area contributed by atoms with Crippen molar-refractivity contribution in [1.82, 2.24) is 14.9 Å². The number of hydrogen-bond acceptors (Lipinski definition) is 6. The summed E-state index contributed by atoms with van der Waals surface area (Å²) >= 11 is 0. The van der Waals surface area contributed by atoms with Gasteiger partial charge in [0, 0.05) is 36.7 Å². The van der Waals surface area contributed by atoms with Crippen molar-refractivity contribution in [3.05, 3.63) is 48.0 Å². The lowest BCUT2D eigenvalue weighted by molar-refractivity contribution is -0.385. The summed E-state index contributed by atoms with van der Waals surface area (Å²) in [6.07, 6.45) is 1.64. The van der Waals surface area contributed by atoms with Gasteiger partial charge in [0.05, 0.1) is 22.0 Å². The van der Waals surface area contributed by atoms with Crippen LogP contribution in [0.3, 0.4) is 0 Å². The third-order valence-corrected chi connectivity index (χ3v) is 4.24. The third kappa shape index (κ3) is 2.79. The molecule has 2 heterocycles. The molecular formula is C15H15N5O4. The Kier molecular flexibility index (Phi) is 4.14. The predicted octanol–water partition coefficient (Wildman–Crippen LogP) is 0.786. The molecule has 0 aliphatic carbocycles. The van der Waals surface area contributed by atoms with Crippen LogP contribution in [0, 0.1) is 21.4 Å². The normalized spacial score (nSPS) is 14.3. The van der Waals surface area contributed by atoms with Gasteiger partial charge in [0.2, 0.25) is 0 Å². The minimum Gasteiger partial charge on any atom is -0.316 e. The highest BCUT2D eigenvalue weighted by molar-refractivity contribution is 5.83. The first-order valence-corrected chi connectivity index (χ1v) is 7.56. The molecule has 0 fully saturated rings. The number of nitrogens with one attached hydrogen (secondary N) is 2. The molecule has 0 saturated carbocycles. The summed E-state index contributed by atoms with van der Waals surface area (Å²) in [7, 11) is 0. The maximum Gasteiger partial charge on any atom is 0.314 e. The zero-order valence-corrected chi connectivity index (χ0v) is 12.8. The van der Waals surface area contributed by atoms with Gasteiger partial charge in [-0.25, -0.2) is 0 Å². The number of nitro groups is 1. The van der Waals surface area contributed by atoms with Gasteiger partial charge in [-0.3, -0.25) is 24.6 Å². The second-order valence-corrected chi connectivity index (χ2v) is 5.73. The van der Waals surface area contributed by atoms with Crippen molar-refractivity contribution < 1.29 is 4.92 Å². The van der Waals surface area contributed by atoms with E-state index in [1.165, 1.54) is 6.07 Å². The Hall–Kier alpha value is -2.99. The number of unbranched alkanes of at least 4 members (excludes halogenated alkanes) is 1. The number of hydrogen-bond donors (Lipinski definition) is 2. The molecule has 0 amide bonds. The summed E-state index contributed by atoms with van der Waals surface area (Å²) in [5.74, 6) is 0. The van der Waals surface area contributed by atoms with Crippen LogP contribution in [0.15, 0.2) is 15.7 Å². The van der Waals surface area contributed by atoms with Gasteiger partial charge in [-0.2, -0.15) is 5.26 Å². The summed E-state index contributed by atoms with van der Waals surface area (Å²) in [6, 6.07) is 3.39. The van der Waals surface area contributed by atoms with Crippen LogP contribution < -0.4 is 11.1 Å². The van der Waals surface area contributed by atoms with Crippen LogP contribution in [0.1, 0.15) is 24.0 Å². The number of nitro benzene ring substituents is 1. The van der Waals surface area contributed by atoms with Crippen LogP contribution in [-0.2, 0) is 13.0 Å². The Morgan fingerprint density at radius 2 is 2.04 bits per heavy atom. The van der Waals surface area contributed by atoms with Crippen molar-refractivity contribution in [3.8, 4) is 6.07 Å². The van der Waals surface area contributed by atoms with E-state index in [1.807, 2.05) is 0 Å². The van der Waals surface area contributed by atoms with Crippen molar-refractivity contribution in [1.29, 1.82) is 5.26 Å². The summed E-state index contributed by atoms with van der Waals surface area (Å²) < 4.78 is 0. The number of aromatic nitrogens is 2. The lowest BCUT2D eigenvalue weighted by atomic mass is 9.95. The van der Waals surface area contributed by atoms with Crippen molar-refractivity contribution in [3.63, 3.8) is 0 Å². The first-order valence-electron chi connectivity index (χ1n) is 7.56. The third-order valence-electron chi connectivity index (χ3n) is 4.24. The molecule has 2 N–H and O–H groups in total. The van der Waals surface area contributed by atoms with Gasteiger partial charge >= 0.3 is 11.1 Å². The Labute approximate surface area is 135 Å². The minimum atomic E-state index is -0.835. The van der Waals surface area contributed by atoms with E-state index < -0.39 is 16.0 Å². The molecule has 1 aliphatic rings. The molecule has 0 atom stereocenters. The molecule has 124 valence electrons. The van der Waals surface area contributed by atoms with Crippen molar-refractivity contribution in [2.75, 3.05) is 13.1 Å². The molecule has 0 bridgehead atoms. The average Bonchev–Trinajstić information content (AvgIpc) is 2.55. The lowest BCUT2D eigenvalue weighted by Crippen LogP contribution is -2.34. The molecule has 3 rings (SSSR count). The molecular weight excluding hydrogens is 314 g/mol. The molecule has 24 heavy (non-hydrogen) atoms. The fourth-order valence-corrected chi connectivity index (χ4v) is 3.12. The molecule has 1 aromatic heterocycles. The molecule has 0 unspecified atom stereocenters. The molecule has 9 heteroatoms. The fraction of sp³-hybridized carbons (Fsp3) is 0.400. The highest BCUT2D eigenvalue weighted by Crippen LogP contribution is 2.32. The Balaban J connectivity index is 2.12. The van der Waals surface area contributed by atoms with E-state index in [0.717, 1.165) is 0 Å². The minimum absolute atomic E-state index is 0.0446. The first kappa shape index (κ1) is 15.9. The molecule has 0 saturated heterocycles. The average molecular weight is 329 g/mol. The molecule has 9 nitrogen and oxygen atoms in total. The van der Waals surface area contributed by atoms with Crippen LogP contribution in [0.25, 0.3) is 11.0 Å². The number of aromatic amines is 2. The van der Waals surface area contributed by atoms with E-state index in [1.54, 1.807) is 0 Å². The van der Waals surface area contributed by atoms with Crippen LogP contribution in [0.2, 0.25) is 0 Å². The zero-order valence-electron chi connectivity index (χ0n) is 12.8. The van der Waals surface area contributed by atoms with Crippen LogP contribution in [0.4, 0.5) is 5.69 Å². The lowest BCUT2D eigenvalue weighted by Gasteiger charge is -2.28. The van der Waals surface area contributed by atoms with Crippen molar-refractivity contribution in [2.24, 2.45) is 0 Å². The highest BCUT2D eigenvalue weighted by Gasteiger charge is 2.27. The molecule has 2 aromatic rings. The Morgan fingerprint density at radius 3 is 2.75 bits per heavy atom. The van der Waals surface area contributed by atoms with E-state index in [9.17, 15) is 19.7 Å². The van der Waals surface area contributed by atoms with Gasteiger partial charge in [-0.15, -0.1) is 0 Å². The fourth-order valence-electron chi connectivity index (χ4n) is 3.12. The number of benzene rings is 1. The largest absolute Gasteiger partial charge is 0.316 e. The summed E-state index contributed by atoms with van der Waals surface area (Å²) in [5, 5.41) is 20.0. The number of H-pyrrole nitrogens is 2. The van der Waals surface area contributed by atoms with E-state index >= 15 is 0 Å². The second-order valence-electron chi connectivity index (χ2n) is 5.73. The predicted molar refractivity (Wildman–Crippen MR) is 85.7 cm³/mol. The van der Waals surface area contributed by atoms with E-state index in [0.29, 0.717) is 55.5 Å². The van der Waals surface area contributed by atoms with Crippen molar-refractivity contribution in [2.45, 2.75) is 25.8 Å². The SMILES string of the molecule is N#CCCCN1CCc2c([N+](=O)[O-])cc3[nH]c(=O)c(=O)[nH]c3c2C1. The topological polar surface area (TPSA) is 136 Å². The zero-order chi connectivity index (χ0) is 17.3. The van der Waals surface area contributed by atoms with Gasteiger partial charge in [0.15, 0.2) is 0 Å². The summed E-state index contributed by atoms with van der Waals surface area (Å²) in [6.45, 7) is 1.78. The summed E-state index contributed by atoms with van der Waals surface area (Å²) in [4.78, 5) is 41.1. The van der Waals surface area contributed by atoms with Crippen molar-refractivity contribution >= 4 is 16.7 Å². The standard InChI is InChI=1S/C15H15N5O4/c16-4-1-2-5-19-6-3-9-10(8-19)13-11(7-12(9)20(23)24)17-14(21)15(22)18-13/h7H,1-3,5-6,8H2,(H,17,21)(H,18,22). The van der Waals surface area contributed by atoms with Gasteiger partial charge in [0.25, 0.3) is 5.69 Å². The van der Waals surface area contributed by atoms with E-state index in [-0.39, 0.29) is 11.2 Å². The first-order chi connectivity index (χ1) is 11.5. The van der Waals surface area contributed by atoms with Gasteiger partial charge < -0.3 is 9.97 Å². The number of rotatable bonds is 4. The second kappa shape index (κ2) is 6.25. The molecule has 1 aliphatic heterocycles. The van der Waals surface area contributed by atoms with E-state index in [2.05, 4.69) is 20.9 Å².